The molecule has 0 bridgehead atoms. The number of hydrogen-bond donors (Lipinski definition) is 1. The van der Waals surface area contributed by atoms with E-state index < -0.39 is 23.2 Å². The van der Waals surface area contributed by atoms with Crippen molar-refractivity contribution in [1.29, 1.82) is 0 Å². The molecule has 0 radical (unpaired) electrons. The second kappa shape index (κ2) is 10.2. The number of hydrazone groups is 1. The summed E-state index contributed by atoms with van der Waals surface area (Å²) in [5, 5.41) is 8.75. The number of alkyl halides is 3. The SMILES string of the molecule is CSCCCC1(C(C)=O)CN(C(=O)Nc2ccc(C(F)(F)F)cc2)N=C1c1ccc(Cl)cc1. The molecule has 0 fully saturated rings. The molecular weight excluding hydrogens is 475 g/mol. The zero-order valence-electron chi connectivity index (χ0n) is 18.1. The lowest BCUT2D eigenvalue weighted by atomic mass is 9.73. The minimum atomic E-state index is -4.47. The number of amides is 2. The van der Waals surface area contributed by atoms with Gasteiger partial charge in [0.05, 0.1) is 23.2 Å². The molecule has 5 nitrogen and oxygen atoms in total. The fourth-order valence-electron chi connectivity index (χ4n) is 3.74. The molecule has 2 aromatic carbocycles. The minimum absolute atomic E-state index is 0.0428. The molecule has 1 N–H and O–H groups in total. The maximum Gasteiger partial charge on any atom is 0.416 e. The molecule has 0 aliphatic carbocycles. The quantitative estimate of drug-likeness (QED) is 0.455. The Bertz CT molecular complexity index is 1040. The third-order valence-corrected chi connectivity index (χ3v) is 6.48. The Morgan fingerprint density at radius 3 is 2.33 bits per heavy atom. The second-order valence-electron chi connectivity index (χ2n) is 7.75. The van der Waals surface area contributed by atoms with E-state index in [4.69, 9.17) is 11.6 Å². The van der Waals surface area contributed by atoms with E-state index >= 15 is 0 Å². The van der Waals surface area contributed by atoms with Crippen LogP contribution in [0.5, 0.6) is 0 Å². The average molecular weight is 498 g/mol. The highest BCUT2D eigenvalue weighted by Gasteiger charge is 2.48. The molecule has 0 saturated heterocycles. The number of anilines is 1. The molecule has 10 heteroatoms. The lowest BCUT2D eigenvalue weighted by molar-refractivity contribution is -0.137. The van der Waals surface area contributed by atoms with Crippen LogP contribution in [0.3, 0.4) is 0 Å². The maximum absolute atomic E-state index is 12.9. The number of rotatable bonds is 7. The van der Waals surface area contributed by atoms with Gasteiger partial charge in [-0.2, -0.15) is 30.0 Å². The average Bonchev–Trinajstić information content (AvgIpc) is 3.15. The Hall–Kier alpha value is -2.52. The van der Waals surface area contributed by atoms with E-state index in [1.807, 2.05) is 6.26 Å². The third kappa shape index (κ3) is 5.70. The van der Waals surface area contributed by atoms with Gasteiger partial charge in [-0.3, -0.25) is 4.79 Å². The number of urea groups is 1. The third-order valence-electron chi connectivity index (χ3n) is 5.54. The van der Waals surface area contributed by atoms with Crippen molar-refractivity contribution in [3.8, 4) is 0 Å². The summed E-state index contributed by atoms with van der Waals surface area (Å²) in [6.45, 7) is 1.53. The highest BCUT2D eigenvalue weighted by atomic mass is 35.5. The van der Waals surface area contributed by atoms with Crippen molar-refractivity contribution in [2.24, 2.45) is 10.5 Å². The number of thioether (sulfide) groups is 1. The summed E-state index contributed by atoms with van der Waals surface area (Å²) in [6, 6.07) is 10.4. The number of nitrogens with one attached hydrogen (secondary N) is 1. The summed E-state index contributed by atoms with van der Waals surface area (Å²) >= 11 is 7.67. The lowest BCUT2D eigenvalue weighted by Gasteiger charge is -2.28. The van der Waals surface area contributed by atoms with Crippen LogP contribution in [0.15, 0.2) is 53.6 Å². The molecule has 0 aromatic heterocycles. The van der Waals surface area contributed by atoms with Crippen LogP contribution in [0.2, 0.25) is 5.02 Å². The van der Waals surface area contributed by atoms with Gasteiger partial charge in [0, 0.05) is 10.7 Å². The van der Waals surface area contributed by atoms with Crippen LogP contribution >= 0.6 is 23.4 Å². The van der Waals surface area contributed by atoms with E-state index in [2.05, 4.69) is 10.4 Å². The van der Waals surface area contributed by atoms with Gasteiger partial charge >= 0.3 is 12.2 Å². The highest BCUT2D eigenvalue weighted by molar-refractivity contribution is 7.98. The number of nitrogens with zero attached hydrogens (tertiary/aromatic N) is 2. The lowest BCUT2D eigenvalue weighted by Crippen LogP contribution is -2.42. The fraction of sp³-hybridized carbons (Fsp3) is 0.348. The summed E-state index contributed by atoms with van der Waals surface area (Å²) in [4.78, 5) is 25.8. The predicted molar refractivity (Wildman–Crippen MR) is 126 cm³/mol. The number of Topliss-reactive ketones (excluding diaryl/α,β-unsaturated/α-hetero) is 1. The van der Waals surface area contributed by atoms with E-state index in [-0.39, 0.29) is 18.0 Å². The first kappa shape index (κ1) is 25.1. The van der Waals surface area contributed by atoms with Gasteiger partial charge in [0.15, 0.2) is 0 Å². The van der Waals surface area contributed by atoms with E-state index in [9.17, 15) is 22.8 Å². The number of carbonyl (C=O) groups is 2. The molecule has 0 spiro atoms. The normalized spacial score (nSPS) is 18.2. The molecule has 1 unspecified atom stereocenters. The van der Waals surface area contributed by atoms with Gasteiger partial charge < -0.3 is 5.32 Å². The molecule has 2 amide bonds. The van der Waals surface area contributed by atoms with Crippen LogP contribution < -0.4 is 5.32 Å². The number of ketones is 1. The van der Waals surface area contributed by atoms with Crippen molar-refractivity contribution in [2.75, 3.05) is 23.9 Å². The standard InChI is InChI=1S/C23H23ClF3N3O2S/c1-15(31)22(12-3-13-33-2)14-30(29-20(22)16-4-8-18(24)9-5-16)21(32)28-19-10-6-17(7-11-19)23(25,26)27/h4-11H,3,12-14H2,1-2H3,(H,28,32). The highest BCUT2D eigenvalue weighted by Crippen LogP contribution is 2.38. The summed E-state index contributed by atoms with van der Waals surface area (Å²) in [7, 11) is 0. The molecule has 33 heavy (non-hydrogen) atoms. The maximum atomic E-state index is 12.9. The van der Waals surface area contributed by atoms with Gasteiger partial charge in [-0.25, -0.2) is 9.80 Å². The number of halogens is 4. The van der Waals surface area contributed by atoms with Crippen molar-refractivity contribution in [2.45, 2.75) is 25.9 Å². The molecule has 1 atom stereocenters. The van der Waals surface area contributed by atoms with E-state index in [1.165, 1.54) is 24.1 Å². The van der Waals surface area contributed by atoms with Crippen molar-refractivity contribution in [3.05, 3.63) is 64.7 Å². The van der Waals surface area contributed by atoms with Crippen LogP contribution in [0.4, 0.5) is 23.7 Å². The molecule has 3 rings (SSSR count). The van der Waals surface area contributed by atoms with Gasteiger partial charge in [0.25, 0.3) is 0 Å². The molecule has 1 aliphatic rings. The minimum Gasteiger partial charge on any atom is -0.306 e. The Morgan fingerprint density at radius 1 is 1.15 bits per heavy atom. The largest absolute Gasteiger partial charge is 0.416 e. The van der Waals surface area contributed by atoms with E-state index in [1.54, 1.807) is 36.0 Å². The van der Waals surface area contributed by atoms with Gasteiger partial charge in [-0.15, -0.1) is 0 Å². The smallest absolute Gasteiger partial charge is 0.306 e. The molecule has 0 saturated carbocycles. The zero-order valence-corrected chi connectivity index (χ0v) is 19.7. The summed E-state index contributed by atoms with van der Waals surface area (Å²) in [5.41, 5.74) is -0.437. The monoisotopic (exact) mass is 497 g/mol. The van der Waals surface area contributed by atoms with Crippen molar-refractivity contribution in [1.82, 2.24) is 5.01 Å². The number of benzene rings is 2. The van der Waals surface area contributed by atoms with Crippen molar-refractivity contribution >= 4 is 46.6 Å². The van der Waals surface area contributed by atoms with E-state index in [0.717, 1.165) is 24.3 Å². The topological polar surface area (TPSA) is 61.8 Å². The Morgan fingerprint density at radius 2 is 1.79 bits per heavy atom. The van der Waals surface area contributed by atoms with Gasteiger partial charge in [-0.1, -0.05) is 23.7 Å². The van der Waals surface area contributed by atoms with Crippen molar-refractivity contribution < 1.29 is 22.8 Å². The van der Waals surface area contributed by atoms with Crippen LogP contribution in [0.1, 0.15) is 30.9 Å². The molecule has 176 valence electrons. The Balaban J connectivity index is 1.89. The van der Waals surface area contributed by atoms with Gasteiger partial charge in [-0.05, 0) is 73.7 Å². The summed E-state index contributed by atoms with van der Waals surface area (Å²) in [6.07, 6.45) is -1.23. The van der Waals surface area contributed by atoms with Crippen LogP contribution in [0.25, 0.3) is 0 Å². The summed E-state index contributed by atoms with van der Waals surface area (Å²) in [5.74, 6) is 0.739. The molecule has 1 aliphatic heterocycles. The molecule has 1 heterocycles. The first-order valence-corrected chi connectivity index (χ1v) is 11.9. The van der Waals surface area contributed by atoms with Gasteiger partial charge in [0.2, 0.25) is 0 Å². The number of carbonyl (C=O) groups excluding carboxylic acids is 2. The fourth-order valence-corrected chi connectivity index (χ4v) is 4.30. The summed E-state index contributed by atoms with van der Waals surface area (Å²) < 4.78 is 38.4. The van der Waals surface area contributed by atoms with Crippen molar-refractivity contribution in [3.63, 3.8) is 0 Å². The molecule has 2 aromatic rings. The Kier molecular flexibility index (Phi) is 7.74. The van der Waals surface area contributed by atoms with Crippen LogP contribution in [-0.4, -0.2) is 41.1 Å². The van der Waals surface area contributed by atoms with Crippen LogP contribution in [-0.2, 0) is 11.0 Å². The van der Waals surface area contributed by atoms with E-state index in [0.29, 0.717) is 22.7 Å². The Labute approximate surface area is 199 Å². The first-order valence-electron chi connectivity index (χ1n) is 10.2. The zero-order chi connectivity index (χ0) is 24.2. The predicted octanol–water partition coefficient (Wildman–Crippen LogP) is 6.33. The van der Waals surface area contributed by atoms with Gasteiger partial charge in [0.1, 0.15) is 5.78 Å². The second-order valence-corrected chi connectivity index (χ2v) is 9.18. The van der Waals surface area contributed by atoms with Crippen LogP contribution in [0, 0.1) is 5.41 Å². The molecular formula is C23H23ClF3N3O2S. The number of hydrogen-bond acceptors (Lipinski definition) is 4. The first-order chi connectivity index (χ1) is 15.6.